The first-order valence-corrected chi connectivity index (χ1v) is 6.90. The smallest absolute Gasteiger partial charge is 0.239 e. The number of carbonyl (C=O) groups is 1. The van der Waals surface area contributed by atoms with Crippen LogP contribution in [0.5, 0.6) is 0 Å². The summed E-state index contributed by atoms with van der Waals surface area (Å²) in [5.74, 6) is 0.189. The van der Waals surface area contributed by atoms with E-state index < -0.39 is 0 Å². The molecule has 1 saturated heterocycles. The molecule has 1 aliphatic rings. The zero-order valence-corrected chi connectivity index (χ0v) is 12.2. The Morgan fingerprint density at radius 1 is 1.22 bits per heavy atom. The quantitative estimate of drug-likeness (QED) is 0.741. The SMILES string of the molecule is CCC(CN)N1CCN(C(C)C(=O)N(C)C)CC1. The Labute approximate surface area is 111 Å². The lowest BCUT2D eigenvalue weighted by Crippen LogP contribution is -2.56. The van der Waals surface area contributed by atoms with Crippen molar-refractivity contribution in [2.75, 3.05) is 46.8 Å². The second-order valence-electron chi connectivity index (χ2n) is 5.28. The van der Waals surface area contributed by atoms with E-state index in [2.05, 4.69) is 16.7 Å². The maximum Gasteiger partial charge on any atom is 0.239 e. The topological polar surface area (TPSA) is 52.8 Å². The van der Waals surface area contributed by atoms with E-state index in [1.807, 2.05) is 21.0 Å². The van der Waals surface area contributed by atoms with Gasteiger partial charge in [0, 0.05) is 52.9 Å². The number of hydrogen-bond acceptors (Lipinski definition) is 4. The number of carbonyl (C=O) groups excluding carboxylic acids is 1. The molecule has 1 fully saturated rings. The fraction of sp³-hybridized carbons (Fsp3) is 0.923. The summed E-state index contributed by atoms with van der Waals surface area (Å²) in [6.07, 6.45) is 1.10. The van der Waals surface area contributed by atoms with E-state index in [0.717, 1.165) is 39.1 Å². The van der Waals surface area contributed by atoms with Gasteiger partial charge in [0.15, 0.2) is 0 Å². The molecule has 1 aliphatic heterocycles. The van der Waals surface area contributed by atoms with Crippen molar-refractivity contribution in [2.45, 2.75) is 32.4 Å². The van der Waals surface area contributed by atoms with Gasteiger partial charge in [-0.2, -0.15) is 0 Å². The molecule has 18 heavy (non-hydrogen) atoms. The first kappa shape index (κ1) is 15.4. The molecule has 5 nitrogen and oxygen atoms in total. The lowest BCUT2D eigenvalue weighted by atomic mass is 10.1. The van der Waals surface area contributed by atoms with Gasteiger partial charge in [-0.1, -0.05) is 6.92 Å². The molecule has 0 aromatic heterocycles. The normalized spacial score (nSPS) is 21.6. The van der Waals surface area contributed by atoms with Crippen molar-refractivity contribution in [1.29, 1.82) is 0 Å². The molecule has 5 heteroatoms. The van der Waals surface area contributed by atoms with E-state index in [-0.39, 0.29) is 11.9 Å². The molecule has 2 atom stereocenters. The molecular formula is C13H28N4O. The number of amides is 1. The van der Waals surface area contributed by atoms with E-state index >= 15 is 0 Å². The molecule has 1 rings (SSSR count). The van der Waals surface area contributed by atoms with Crippen molar-refractivity contribution in [3.05, 3.63) is 0 Å². The average Bonchev–Trinajstić information content (AvgIpc) is 2.39. The number of likely N-dealkylation sites (N-methyl/N-ethyl adjacent to an activating group) is 1. The lowest BCUT2D eigenvalue weighted by Gasteiger charge is -2.41. The van der Waals surface area contributed by atoms with Crippen LogP contribution in [-0.2, 0) is 4.79 Å². The van der Waals surface area contributed by atoms with Crippen molar-refractivity contribution in [2.24, 2.45) is 5.73 Å². The monoisotopic (exact) mass is 256 g/mol. The van der Waals surface area contributed by atoms with Crippen molar-refractivity contribution in [3.8, 4) is 0 Å². The first-order valence-electron chi connectivity index (χ1n) is 6.90. The highest BCUT2D eigenvalue weighted by Gasteiger charge is 2.28. The van der Waals surface area contributed by atoms with Crippen LogP contribution in [0.4, 0.5) is 0 Å². The molecule has 1 amide bonds. The van der Waals surface area contributed by atoms with Crippen molar-refractivity contribution in [1.82, 2.24) is 14.7 Å². The number of piperazine rings is 1. The Kier molecular flexibility index (Phi) is 6.05. The minimum Gasteiger partial charge on any atom is -0.347 e. The maximum absolute atomic E-state index is 11.9. The van der Waals surface area contributed by atoms with Gasteiger partial charge in [0.05, 0.1) is 6.04 Å². The van der Waals surface area contributed by atoms with Crippen LogP contribution in [-0.4, -0.2) is 79.5 Å². The summed E-state index contributed by atoms with van der Waals surface area (Å²) in [6.45, 7) is 8.85. The third kappa shape index (κ3) is 3.67. The largest absolute Gasteiger partial charge is 0.347 e. The number of nitrogens with two attached hydrogens (primary N) is 1. The number of hydrogen-bond donors (Lipinski definition) is 1. The second-order valence-corrected chi connectivity index (χ2v) is 5.28. The molecule has 0 aromatic rings. The van der Waals surface area contributed by atoms with Gasteiger partial charge in [0.1, 0.15) is 0 Å². The van der Waals surface area contributed by atoms with Gasteiger partial charge in [-0.05, 0) is 13.3 Å². The molecule has 0 aromatic carbocycles. The second kappa shape index (κ2) is 7.07. The lowest BCUT2D eigenvalue weighted by molar-refractivity contribution is -0.134. The van der Waals surface area contributed by atoms with Crippen LogP contribution in [0.3, 0.4) is 0 Å². The molecule has 0 radical (unpaired) electrons. The Balaban J connectivity index is 2.46. The summed E-state index contributed by atoms with van der Waals surface area (Å²) in [6, 6.07) is 0.479. The van der Waals surface area contributed by atoms with Crippen LogP contribution in [0.1, 0.15) is 20.3 Å². The average molecular weight is 256 g/mol. The van der Waals surface area contributed by atoms with Gasteiger partial charge in [0.25, 0.3) is 0 Å². The molecule has 2 N–H and O–H groups in total. The third-order valence-corrected chi connectivity index (χ3v) is 3.95. The standard InChI is InChI=1S/C13H28N4O/c1-5-12(10-14)17-8-6-16(7-9-17)11(2)13(18)15(3)4/h11-12H,5-10,14H2,1-4H3. The molecule has 106 valence electrons. The van der Waals surface area contributed by atoms with E-state index in [1.165, 1.54) is 0 Å². The Morgan fingerprint density at radius 2 is 1.72 bits per heavy atom. The van der Waals surface area contributed by atoms with Crippen LogP contribution in [0.15, 0.2) is 0 Å². The molecule has 1 heterocycles. The highest BCUT2D eigenvalue weighted by Crippen LogP contribution is 2.11. The Morgan fingerprint density at radius 3 is 2.11 bits per heavy atom. The predicted molar refractivity (Wildman–Crippen MR) is 74.4 cm³/mol. The minimum atomic E-state index is -0.0138. The summed E-state index contributed by atoms with van der Waals surface area (Å²) in [7, 11) is 3.63. The van der Waals surface area contributed by atoms with Gasteiger partial charge in [-0.3, -0.25) is 14.6 Å². The molecule has 0 spiro atoms. The van der Waals surface area contributed by atoms with Gasteiger partial charge in [0.2, 0.25) is 5.91 Å². The van der Waals surface area contributed by atoms with Gasteiger partial charge in [-0.15, -0.1) is 0 Å². The highest BCUT2D eigenvalue weighted by atomic mass is 16.2. The summed E-state index contributed by atoms with van der Waals surface area (Å²) in [4.78, 5) is 18.3. The van der Waals surface area contributed by atoms with E-state index in [4.69, 9.17) is 5.73 Å². The zero-order valence-electron chi connectivity index (χ0n) is 12.2. The summed E-state index contributed by atoms with van der Waals surface area (Å²) >= 11 is 0. The zero-order chi connectivity index (χ0) is 13.7. The molecule has 2 unspecified atom stereocenters. The van der Waals surface area contributed by atoms with Crippen LogP contribution < -0.4 is 5.73 Å². The van der Waals surface area contributed by atoms with Crippen LogP contribution in [0.2, 0.25) is 0 Å². The van der Waals surface area contributed by atoms with Crippen LogP contribution >= 0.6 is 0 Å². The Hall–Kier alpha value is -0.650. The van der Waals surface area contributed by atoms with E-state index in [9.17, 15) is 4.79 Å². The van der Waals surface area contributed by atoms with Crippen LogP contribution in [0, 0.1) is 0 Å². The summed E-state index contributed by atoms with van der Waals surface area (Å²) < 4.78 is 0. The molecule has 0 bridgehead atoms. The molecule has 0 saturated carbocycles. The third-order valence-electron chi connectivity index (χ3n) is 3.95. The fourth-order valence-electron chi connectivity index (χ4n) is 2.59. The van der Waals surface area contributed by atoms with E-state index in [0.29, 0.717) is 6.04 Å². The van der Waals surface area contributed by atoms with Gasteiger partial charge >= 0.3 is 0 Å². The maximum atomic E-state index is 11.9. The first-order chi connectivity index (χ1) is 8.51. The van der Waals surface area contributed by atoms with Gasteiger partial charge < -0.3 is 10.6 Å². The summed E-state index contributed by atoms with van der Waals surface area (Å²) in [5, 5.41) is 0. The Bertz CT molecular complexity index is 258. The van der Waals surface area contributed by atoms with Crippen molar-refractivity contribution < 1.29 is 4.79 Å². The van der Waals surface area contributed by atoms with Gasteiger partial charge in [-0.25, -0.2) is 0 Å². The van der Waals surface area contributed by atoms with Crippen molar-refractivity contribution in [3.63, 3.8) is 0 Å². The van der Waals surface area contributed by atoms with Crippen LogP contribution in [0.25, 0.3) is 0 Å². The number of rotatable bonds is 5. The molecular weight excluding hydrogens is 228 g/mol. The summed E-state index contributed by atoms with van der Waals surface area (Å²) in [5.41, 5.74) is 5.78. The highest BCUT2D eigenvalue weighted by molar-refractivity contribution is 5.80. The molecule has 0 aliphatic carbocycles. The van der Waals surface area contributed by atoms with Crippen molar-refractivity contribution >= 4 is 5.91 Å². The fourth-order valence-corrected chi connectivity index (χ4v) is 2.59. The minimum absolute atomic E-state index is 0.0138. The number of nitrogens with zero attached hydrogens (tertiary/aromatic N) is 3. The van der Waals surface area contributed by atoms with E-state index in [1.54, 1.807) is 4.90 Å². The predicted octanol–water partition coefficient (Wildman–Crippen LogP) is -0.182.